The number of cyclic esters (lactones) is 1. The molecule has 0 aromatic rings. The van der Waals surface area contributed by atoms with E-state index in [1.807, 2.05) is 48.5 Å². The van der Waals surface area contributed by atoms with Gasteiger partial charge >= 0.3 is 24.5 Å². The van der Waals surface area contributed by atoms with Crippen molar-refractivity contribution >= 4 is 24.5 Å². The van der Waals surface area contributed by atoms with Crippen molar-refractivity contribution in [2.24, 2.45) is 0 Å². The Bertz CT molecular complexity index is 819. The fourth-order valence-electron chi connectivity index (χ4n) is 2.83. The molecule has 1 heterocycles. The molecule has 0 aromatic heterocycles. The van der Waals surface area contributed by atoms with Crippen LogP contribution in [-0.2, 0) is 23.7 Å². The van der Waals surface area contributed by atoms with Gasteiger partial charge in [-0.25, -0.2) is 19.2 Å². The molecule has 49 heavy (non-hydrogen) atoms. The average molecular weight is 718 g/mol. The first-order valence-corrected chi connectivity index (χ1v) is 15.3. The van der Waals surface area contributed by atoms with E-state index in [4.69, 9.17) is 29.2 Å². The van der Waals surface area contributed by atoms with Crippen LogP contribution >= 0.6 is 0 Å². The number of nitrogens with one attached hydrogen (secondary N) is 1. The molecular formula is C35H79N3O11. The lowest BCUT2D eigenvalue weighted by Crippen LogP contribution is -2.42. The summed E-state index contributed by atoms with van der Waals surface area (Å²) in [4.78, 5) is 47.5. The maximum Gasteiger partial charge on any atom is 0.519 e. The summed E-state index contributed by atoms with van der Waals surface area (Å²) in [6, 6.07) is 0.809. The van der Waals surface area contributed by atoms with Gasteiger partial charge in [0.1, 0.15) is 23.4 Å². The zero-order chi connectivity index (χ0) is 36.2. The van der Waals surface area contributed by atoms with E-state index in [1.165, 1.54) is 4.90 Å². The molecule has 0 unspecified atom stereocenters. The summed E-state index contributed by atoms with van der Waals surface area (Å²) < 4.78 is 23.7. The lowest BCUT2D eigenvalue weighted by molar-refractivity contribution is -0.0294. The van der Waals surface area contributed by atoms with Crippen LogP contribution in [0.2, 0.25) is 0 Å². The SMILES string of the molecule is C.C.C.C.CC(C)(C)OC(=O)OC(=O)OC(C)(C)C.CC(C)N(CCO)C(=O)OC(C)(C)C.CC(C)N1CCOC1=O.CC(C)NCCO. The van der Waals surface area contributed by atoms with Crippen LogP contribution in [-0.4, -0.2) is 119 Å². The molecule has 0 radical (unpaired) electrons. The van der Waals surface area contributed by atoms with E-state index in [2.05, 4.69) is 23.9 Å². The van der Waals surface area contributed by atoms with Crippen LogP contribution in [0.5, 0.6) is 0 Å². The van der Waals surface area contributed by atoms with Crippen LogP contribution in [0.25, 0.3) is 0 Å². The van der Waals surface area contributed by atoms with Crippen molar-refractivity contribution in [2.75, 3.05) is 39.5 Å². The Hall–Kier alpha value is -2.84. The molecular weight excluding hydrogens is 638 g/mol. The van der Waals surface area contributed by atoms with Gasteiger partial charge in [-0.15, -0.1) is 0 Å². The van der Waals surface area contributed by atoms with Crippen molar-refractivity contribution in [3.63, 3.8) is 0 Å². The Balaban J connectivity index is -0.0000000967. The summed E-state index contributed by atoms with van der Waals surface area (Å²) in [6.07, 6.45) is -2.67. The van der Waals surface area contributed by atoms with E-state index in [0.717, 1.165) is 6.54 Å². The zero-order valence-electron chi connectivity index (χ0n) is 30.4. The first kappa shape index (κ1) is 61.4. The largest absolute Gasteiger partial charge is 0.519 e. The zero-order valence-corrected chi connectivity index (χ0v) is 30.4. The number of aliphatic hydroxyl groups is 2. The fourth-order valence-corrected chi connectivity index (χ4v) is 2.83. The Kier molecular flexibility index (Phi) is 37.6. The summed E-state index contributed by atoms with van der Waals surface area (Å²) in [6.45, 7) is 29.8. The van der Waals surface area contributed by atoms with Crippen molar-refractivity contribution in [3.05, 3.63) is 0 Å². The molecule has 0 bridgehead atoms. The second kappa shape index (κ2) is 30.0. The normalized spacial score (nSPS) is 11.9. The highest BCUT2D eigenvalue weighted by Gasteiger charge is 2.25. The minimum Gasteiger partial charge on any atom is -0.448 e. The van der Waals surface area contributed by atoms with Crippen molar-refractivity contribution in [1.82, 2.24) is 15.1 Å². The van der Waals surface area contributed by atoms with Crippen LogP contribution in [0.4, 0.5) is 19.2 Å². The Labute approximate surface area is 300 Å². The topological polar surface area (TPSA) is 173 Å². The van der Waals surface area contributed by atoms with Gasteiger partial charge in [0.05, 0.1) is 19.8 Å². The van der Waals surface area contributed by atoms with Gasteiger partial charge in [-0.3, -0.25) is 0 Å². The molecule has 0 aliphatic carbocycles. The molecule has 0 saturated carbocycles. The molecule has 1 fully saturated rings. The van der Waals surface area contributed by atoms with Crippen molar-refractivity contribution in [2.45, 2.75) is 168 Å². The van der Waals surface area contributed by atoms with Gasteiger partial charge in [-0.05, 0) is 90.0 Å². The number of hydrogen-bond donors (Lipinski definition) is 3. The lowest BCUT2D eigenvalue weighted by atomic mass is 10.2. The van der Waals surface area contributed by atoms with Gasteiger partial charge in [-0.1, -0.05) is 43.6 Å². The Morgan fingerprint density at radius 3 is 1.39 bits per heavy atom. The minimum atomic E-state index is -1.06. The molecule has 14 heteroatoms. The highest BCUT2D eigenvalue weighted by molar-refractivity contribution is 5.77. The lowest BCUT2D eigenvalue weighted by Gasteiger charge is -2.29. The smallest absolute Gasteiger partial charge is 0.448 e. The predicted molar refractivity (Wildman–Crippen MR) is 199 cm³/mol. The number of hydrogen-bond acceptors (Lipinski definition) is 12. The molecule has 1 aliphatic rings. The number of rotatable bonds is 7. The third-order valence-corrected chi connectivity index (χ3v) is 4.62. The molecule has 0 spiro atoms. The van der Waals surface area contributed by atoms with Gasteiger partial charge in [0.2, 0.25) is 0 Å². The summed E-state index contributed by atoms with van der Waals surface area (Å²) in [5.41, 5.74) is -1.88. The molecule has 3 N–H and O–H groups in total. The van der Waals surface area contributed by atoms with Crippen molar-refractivity contribution in [3.8, 4) is 0 Å². The van der Waals surface area contributed by atoms with E-state index in [9.17, 15) is 19.2 Å². The number of aliphatic hydroxyl groups excluding tert-OH is 2. The third-order valence-electron chi connectivity index (χ3n) is 4.62. The highest BCUT2D eigenvalue weighted by Crippen LogP contribution is 2.13. The molecule has 300 valence electrons. The van der Waals surface area contributed by atoms with Crippen LogP contribution in [0.3, 0.4) is 0 Å². The van der Waals surface area contributed by atoms with Gasteiger partial charge < -0.3 is 49.0 Å². The number of carbonyl (C=O) groups excluding carboxylic acids is 4. The third kappa shape index (κ3) is 41.2. The Morgan fingerprint density at radius 1 is 0.776 bits per heavy atom. The molecule has 14 nitrogen and oxygen atoms in total. The van der Waals surface area contributed by atoms with Crippen LogP contribution in [0, 0.1) is 0 Å². The van der Waals surface area contributed by atoms with Crippen molar-refractivity contribution < 1.29 is 53.1 Å². The molecule has 1 saturated heterocycles. The van der Waals surface area contributed by atoms with Gasteiger partial charge in [0.25, 0.3) is 0 Å². The van der Waals surface area contributed by atoms with Crippen LogP contribution < -0.4 is 5.32 Å². The Morgan fingerprint density at radius 2 is 1.18 bits per heavy atom. The fraction of sp³-hybridized carbons (Fsp3) is 0.886. The van der Waals surface area contributed by atoms with Crippen LogP contribution in [0.15, 0.2) is 0 Å². The van der Waals surface area contributed by atoms with Gasteiger partial charge in [-0.2, -0.15) is 0 Å². The number of carbonyl (C=O) groups is 4. The minimum absolute atomic E-state index is 0. The van der Waals surface area contributed by atoms with E-state index in [-0.39, 0.29) is 67.2 Å². The van der Waals surface area contributed by atoms with Gasteiger partial charge in [0.15, 0.2) is 0 Å². The van der Waals surface area contributed by atoms with E-state index < -0.39 is 29.1 Å². The summed E-state index contributed by atoms with van der Waals surface area (Å²) in [5, 5.41) is 20.1. The highest BCUT2D eigenvalue weighted by atomic mass is 16.8. The standard InChI is InChI=1S/C10H21NO3.C10H18O5.C6H11NO2.C5H13NO.4CH4/c1-8(2)11(6-7-12)9(13)14-10(3,4)5;1-9(2,3)14-7(11)13-8(12)15-10(4,5)6;1-5(2)7-3-4-9-6(7)8;1-5(2)6-3-4-7;;;;/h8,12H,6-7H2,1-5H3;1-6H3;5H,3-4H2,1-2H3;5-7H,3-4H2,1-2H3;4*1H4. The molecule has 2 amide bonds. The quantitative estimate of drug-likeness (QED) is 0.132. The number of amides is 2. The number of nitrogens with zero attached hydrogens (tertiary/aromatic N) is 2. The van der Waals surface area contributed by atoms with Crippen molar-refractivity contribution in [1.29, 1.82) is 0 Å². The van der Waals surface area contributed by atoms with E-state index in [1.54, 1.807) is 46.4 Å². The summed E-state index contributed by atoms with van der Waals surface area (Å²) >= 11 is 0. The molecule has 1 rings (SSSR count). The molecule has 0 aromatic carbocycles. The summed E-state index contributed by atoms with van der Waals surface area (Å²) in [5.74, 6) is 0. The van der Waals surface area contributed by atoms with Crippen LogP contribution in [0.1, 0.15) is 134 Å². The molecule has 0 atom stereocenters. The van der Waals surface area contributed by atoms with E-state index >= 15 is 0 Å². The maximum absolute atomic E-state index is 11.6. The predicted octanol–water partition coefficient (Wildman–Crippen LogP) is 7.87. The monoisotopic (exact) mass is 718 g/mol. The maximum atomic E-state index is 11.6. The molecule has 1 aliphatic heterocycles. The first-order valence-electron chi connectivity index (χ1n) is 15.3. The van der Waals surface area contributed by atoms with Gasteiger partial charge in [0, 0.05) is 31.2 Å². The second-order valence-corrected chi connectivity index (χ2v) is 13.8. The first-order chi connectivity index (χ1) is 20.3. The van der Waals surface area contributed by atoms with E-state index in [0.29, 0.717) is 25.7 Å². The summed E-state index contributed by atoms with van der Waals surface area (Å²) in [7, 11) is 0. The average Bonchev–Trinajstić information content (AvgIpc) is 3.24. The number of ether oxygens (including phenoxy) is 5. The second-order valence-electron chi connectivity index (χ2n) is 13.8.